The van der Waals surface area contributed by atoms with Gasteiger partial charge in [0, 0.05) is 37.2 Å². The number of carbonyl (C=O) groups excluding carboxylic acids is 3. The second-order valence-electron chi connectivity index (χ2n) is 5.25. The predicted octanol–water partition coefficient (Wildman–Crippen LogP) is 2.93. The van der Waals surface area contributed by atoms with Crippen molar-refractivity contribution in [2.24, 2.45) is 0 Å². The molecule has 0 radical (unpaired) electrons. The van der Waals surface area contributed by atoms with Gasteiger partial charge in [0.15, 0.2) is 5.78 Å². The monoisotopic (exact) mass is 346 g/mol. The fraction of sp³-hybridized carbons (Fsp3) is 0.167. The molecule has 0 aliphatic carbocycles. The second-order valence-corrected chi connectivity index (χ2v) is 5.25. The largest absolute Gasteiger partial charge is 0.355 e. The molecule has 2 aromatic rings. The Hall–Kier alpha value is -3.09. The average molecular weight is 346 g/mol. The quantitative estimate of drug-likeness (QED) is 0.790. The summed E-state index contributed by atoms with van der Waals surface area (Å²) in [4.78, 5) is 35.2. The van der Waals surface area contributed by atoms with Crippen molar-refractivity contribution in [2.45, 2.75) is 12.8 Å². The van der Waals surface area contributed by atoms with Gasteiger partial charge >= 0.3 is 0 Å². The predicted molar refractivity (Wildman–Crippen MR) is 88.4 cm³/mol. The molecule has 0 bridgehead atoms. The van der Waals surface area contributed by atoms with Crippen molar-refractivity contribution in [1.29, 1.82) is 0 Å². The lowest BCUT2D eigenvalue weighted by Gasteiger charge is -2.06. The minimum Gasteiger partial charge on any atom is -0.355 e. The maximum Gasteiger partial charge on any atom is 0.251 e. The Labute approximate surface area is 143 Å². The van der Waals surface area contributed by atoms with E-state index in [0.29, 0.717) is 17.3 Å². The number of rotatable bonds is 6. The maximum absolute atomic E-state index is 13.5. The Bertz CT molecular complexity index is 804. The van der Waals surface area contributed by atoms with E-state index in [1.165, 1.54) is 7.05 Å². The second kappa shape index (κ2) is 8.14. The van der Waals surface area contributed by atoms with Gasteiger partial charge in [0.2, 0.25) is 5.91 Å². The fourth-order valence-corrected chi connectivity index (χ4v) is 2.15. The number of amides is 2. The minimum atomic E-state index is -0.949. The van der Waals surface area contributed by atoms with Crippen molar-refractivity contribution >= 4 is 23.3 Å². The van der Waals surface area contributed by atoms with Crippen molar-refractivity contribution in [3.63, 3.8) is 0 Å². The molecule has 0 atom stereocenters. The Morgan fingerprint density at radius 3 is 2.24 bits per heavy atom. The van der Waals surface area contributed by atoms with Crippen LogP contribution in [0.1, 0.15) is 33.6 Å². The van der Waals surface area contributed by atoms with Crippen LogP contribution in [0.4, 0.5) is 14.5 Å². The SMILES string of the molecule is CNC(=O)c1ccc(NC(=O)CCC(=O)c2ccc(F)cc2F)cc1. The number of Topliss-reactive ketones (excluding diaryl/α,β-unsaturated/α-hetero) is 1. The summed E-state index contributed by atoms with van der Waals surface area (Å²) >= 11 is 0. The standard InChI is InChI=1S/C18H16F2N2O3/c1-21-18(25)11-2-5-13(6-3-11)22-17(24)9-8-16(23)14-7-4-12(19)10-15(14)20/h2-7,10H,8-9H2,1H3,(H,21,25)(H,22,24). The van der Waals surface area contributed by atoms with Crippen LogP contribution in [0, 0.1) is 11.6 Å². The third-order valence-electron chi connectivity index (χ3n) is 3.47. The number of ketones is 1. The molecule has 0 saturated heterocycles. The van der Waals surface area contributed by atoms with Crippen LogP contribution in [0.25, 0.3) is 0 Å². The highest BCUT2D eigenvalue weighted by Crippen LogP contribution is 2.14. The lowest BCUT2D eigenvalue weighted by molar-refractivity contribution is -0.116. The fourth-order valence-electron chi connectivity index (χ4n) is 2.15. The molecule has 0 unspecified atom stereocenters. The van der Waals surface area contributed by atoms with E-state index in [4.69, 9.17) is 0 Å². The molecule has 0 fully saturated rings. The first-order valence-corrected chi connectivity index (χ1v) is 7.51. The number of anilines is 1. The van der Waals surface area contributed by atoms with Crippen molar-refractivity contribution < 1.29 is 23.2 Å². The molecular formula is C18H16F2N2O3. The zero-order valence-corrected chi connectivity index (χ0v) is 13.4. The molecule has 7 heteroatoms. The topological polar surface area (TPSA) is 75.3 Å². The molecule has 0 saturated carbocycles. The Morgan fingerprint density at radius 2 is 1.64 bits per heavy atom. The first-order chi connectivity index (χ1) is 11.9. The van der Waals surface area contributed by atoms with E-state index in [1.807, 2.05) is 0 Å². The van der Waals surface area contributed by atoms with Gasteiger partial charge < -0.3 is 10.6 Å². The normalized spacial score (nSPS) is 10.2. The van der Waals surface area contributed by atoms with Gasteiger partial charge in [-0.05, 0) is 36.4 Å². The van der Waals surface area contributed by atoms with Gasteiger partial charge in [0.1, 0.15) is 11.6 Å². The molecule has 0 aliphatic rings. The molecule has 0 spiro atoms. The van der Waals surface area contributed by atoms with E-state index in [1.54, 1.807) is 24.3 Å². The highest BCUT2D eigenvalue weighted by atomic mass is 19.1. The van der Waals surface area contributed by atoms with Gasteiger partial charge in [-0.2, -0.15) is 0 Å². The highest BCUT2D eigenvalue weighted by Gasteiger charge is 2.14. The van der Waals surface area contributed by atoms with Gasteiger partial charge in [-0.25, -0.2) is 8.78 Å². The molecular weight excluding hydrogens is 330 g/mol. The van der Waals surface area contributed by atoms with E-state index < -0.39 is 23.3 Å². The summed E-state index contributed by atoms with van der Waals surface area (Å²) < 4.78 is 26.3. The van der Waals surface area contributed by atoms with Crippen molar-refractivity contribution in [1.82, 2.24) is 5.32 Å². The highest BCUT2D eigenvalue weighted by molar-refractivity contribution is 6.00. The zero-order valence-electron chi connectivity index (χ0n) is 13.4. The molecule has 0 aliphatic heterocycles. The smallest absolute Gasteiger partial charge is 0.251 e. The van der Waals surface area contributed by atoms with Crippen LogP contribution in [-0.4, -0.2) is 24.6 Å². The van der Waals surface area contributed by atoms with Crippen LogP contribution in [-0.2, 0) is 4.79 Å². The van der Waals surface area contributed by atoms with Crippen molar-refractivity contribution in [3.8, 4) is 0 Å². The van der Waals surface area contributed by atoms with Gasteiger partial charge in [0.05, 0.1) is 5.56 Å². The van der Waals surface area contributed by atoms with Crippen molar-refractivity contribution in [3.05, 3.63) is 65.2 Å². The molecule has 25 heavy (non-hydrogen) atoms. The first kappa shape index (κ1) is 18.3. The summed E-state index contributed by atoms with van der Waals surface area (Å²) in [5, 5.41) is 5.06. The zero-order chi connectivity index (χ0) is 18.4. The van der Waals surface area contributed by atoms with Crippen LogP contribution in [0.2, 0.25) is 0 Å². The summed E-state index contributed by atoms with van der Waals surface area (Å²) in [6.45, 7) is 0. The number of benzene rings is 2. The lowest BCUT2D eigenvalue weighted by Crippen LogP contribution is -2.18. The molecule has 130 valence electrons. The number of hydrogen-bond donors (Lipinski definition) is 2. The molecule has 2 amide bonds. The number of nitrogens with one attached hydrogen (secondary N) is 2. The van der Waals surface area contributed by atoms with Crippen LogP contribution < -0.4 is 10.6 Å². The molecule has 2 aromatic carbocycles. The van der Waals surface area contributed by atoms with E-state index in [9.17, 15) is 23.2 Å². The van der Waals surface area contributed by atoms with Gasteiger partial charge in [-0.15, -0.1) is 0 Å². The van der Waals surface area contributed by atoms with Crippen LogP contribution in [0.5, 0.6) is 0 Å². The van der Waals surface area contributed by atoms with Crippen LogP contribution in [0.3, 0.4) is 0 Å². The number of carbonyl (C=O) groups is 3. The van der Waals surface area contributed by atoms with Crippen LogP contribution in [0.15, 0.2) is 42.5 Å². The average Bonchev–Trinajstić information content (AvgIpc) is 2.59. The number of halogens is 2. The van der Waals surface area contributed by atoms with Gasteiger partial charge in [-0.1, -0.05) is 0 Å². The van der Waals surface area contributed by atoms with Crippen molar-refractivity contribution in [2.75, 3.05) is 12.4 Å². The summed E-state index contributed by atoms with van der Waals surface area (Å²) in [5.74, 6) is -2.97. The summed E-state index contributed by atoms with van der Waals surface area (Å²) in [6.07, 6.45) is -0.350. The Balaban J connectivity index is 1.90. The Kier molecular flexibility index (Phi) is 5.94. The molecule has 2 N–H and O–H groups in total. The minimum absolute atomic E-state index is 0.146. The van der Waals surface area contributed by atoms with Gasteiger partial charge in [0.25, 0.3) is 5.91 Å². The van der Waals surface area contributed by atoms with Gasteiger partial charge in [-0.3, -0.25) is 14.4 Å². The maximum atomic E-state index is 13.5. The summed E-state index contributed by atoms with van der Waals surface area (Å²) in [5.41, 5.74) is 0.671. The molecule has 0 heterocycles. The molecule has 5 nitrogen and oxygen atoms in total. The van der Waals surface area contributed by atoms with E-state index >= 15 is 0 Å². The van der Waals surface area contributed by atoms with E-state index in [2.05, 4.69) is 10.6 Å². The number of hydrogen-bond acceptors (Lipinski definition) is 3. The Morgan fingerprint density at radius 1 is 0.960 bits per heavy atom. The van der Waals surface area contributed by atoms with E-state index in [0.717, 1.165) is 12.1 Å². The third kappa shape index (κ3) is 4.94. The van der Waals surface area contributed by atoms with E-state index in [-0.39, 0.29) is 24.3 Å². The summed E-state index contributed by atoms with van der Waals surface area (Å²) in [7, 11) is 1.51. The molecule has 0 aromatic heterocycles. The van der Waals surface area contributed by atoms with Crippen LogP contribution >= 0.6 is 0 Å². The first-order valence-electron chi connectivity index (χ1n) is 7.51. The summed E-state index contributed by atoms with van der Waals surface area (Å²) in [6, 6.07) is 8.89. The molecule has 2 rings (SSSR count). The lowest BCUT2D eigenvalue weighted by atomic mass is 10.1. The third-order valence-corrected chi connectivity index (χ3v) is 3.47.